The highest BCUT2D eigenvalue weighted by Gasteiger charge is 2.34. The van der Waals surface area contributed by atoms with E-state index in [4.69, 9.17) is 14.2 Å². The van der Waals surface area contributed by atoms with Crippen LogP contribution in [0.4, 0.5) is 5.69 Å². The number of carbonyl (C=O) groups excluding carboxylic acids is 4. The molecule has 13 nitrogen and oxygen atoms in total. The predicted octanol–water partition coefficient (Wildman–Crippen LogP) is 0.860. The lowest BCUT2D eigenvalue weighted by molar-refractivity contribution is -0.181. The standard InChI is InChI=1S/C23H26BrN5O8/c1-11(30)20(32)36-13(3)22(34)37-14(4)21(33)35-12(2)19(31)29(23-26-7-8-27-23)17-6-5-16-15(18(17)24)9-25-10-28-16/h5-6,9-14,30H,7-8H2,1-4H3,(H,26,27). The van der Waals surface area contributed by atoms with Gasteiger partial charge in [0.2, 0.25) is 5.96 Å². The van der Waals surface area contributed by atoms with E-state index in [1.807, 2.05) is 0 Å². The SMILES string of the molecule is CC(O)C(=O)OC(C)C(=O)OC(C)C(=O)OC(C)C(=O)N(C1=NCCN1)c1ccc2ncncc2c1Br. The summed E-state index contributed by atoms with van der Waals surface area (Å²) in [6, 6.07) is 3.39. The molecule has 0 fully saturated rings. The number of rotatable bonds is 8. The first-order valence-corrected chi connectivity index (χ1v) is 12.1. The molecule has 1 amide bonds. The molecule has 3 rings (SSSR count). The van der Waals surface area contributed by atoms with Gasteiger partial charge in [0.25, 0.3) is 5.91 Å². The van der Waals surface area contributed by atoms with Crippen LogP contribution >= 0.6 is 15.9 Å². The molecule has 4 atom stereocenters. The van der Waals surface area contributed by atoms with Crippen LogP contribution in [0, 0.1) is 0 Å². The minimum absolute atomic E-state index is 0.276. The Bertz CT molecular complexity index is 1240. The van der Waals surface area contributed by atoms with Crippen molar-refractivity contribution in [1.29, 1.82) is 0 Å². The number of benzene rings is 1. The zero-order valence-corrected chi connectivity index (χ0v) is 22.1. The van der Waals surface area contributed by atoms with Crippen LogP contribution in [0.5, 0.6) is 0 Å². The number of amides is 1. The van der Waals surface area contributed by atoms with Crippen LogP contribution in [0.2, 0.25) is 0 Å². The Morgan fingerprint density at radius 3 is 2.22 bits per heavy atom. The van der Waals surface area contributed by atoms with Gasteiger partial charge in [0, 0.05) is 18.1 Å². The van der Waals surface area contributed by atoms with Crippen LogP contribution in [0.15, 0.2) is 34.1 Å². The normalized spacial score (nSPS) is 16.0. The molecule has 1 aromatic heterocycles. The molecule has 198 valence electrons. The molecule has 37 heavy (non-hydrogen) atoms. The molecule has 1 aromatic carbocycles. The molecule has 0 radical (unpaired) electrons. The third-order valence-electron chi connectivity index (χ3n) is 5.16. The van der Waals surface area contributed by atoms with Crippen molar-refractivity contribution in [3.63, 3.8) is 0 Å². The number of esters is 3. The number of hydrogen-bond acceptors (Lipinski definition) is 12. The van der Waals surface area contributed by atoms with E-state index in [-0.39, 0.29) is 5.96 Å². The average Bonchev–Trinajstić information content (AvgIpc) is 3.39. The van der Waals surface area contributed by atoms with Gasteiger partial charge >= 0.3 is 17.9 Å². The third kappa shape index (κ3) is 6.57. The molecule has 0 aliphatic carbocycles. The van der Waals surface area contributed by atoms with Crippen LogP contribution in [-0.2, 0) is 33.4 Å². The highest BCUT2D eigenvalue weighted by Crippen LogP contribution is 2.33. The first-order valence-electron chi connectivity index (χ1n) is 11.3. The van der Waals surface area contributed by atoms with E-state index in [9.17, 15) is 24.3 Å². The summed E-state index contributed by atoms with van der Waals surface area (Å²) in [7, 11) is 0. The second-order valence-electron chi connectivity index (χ2n) is 8.07. The van der Waals surface area contributed by atoms with Gasteiger partial charge in [0.05, 0.1) is 22.2 Å². The quantitative estimate of drug-likeness (QED) is 0.335. The maximum atomic E-state index is 13.5. The smallest absolute Gasteiger partial charge is 0.347 e. The van der Waals surface area contributed by atoms with E-state index in [0.29, 0.717) is 34.2 Å². The third-order valence-corrected chi connectivity index (χ3v) is 6.00. The molecule has 1 aliphatic heterocycles. The molecule has 1 aliphatic rings. The molecule has 0 spiro atoms. The summed E-state index contributed by atoms with van der Waals surface area (Å²) in [6.07, 6.45) is -2.49. The van der Waals surface area contributed by atoms with Crippen molar-refractivity contribution < 1.29 is 38.5 Å². The van der Waals surface area contributed by atoms with Gasteiger partial charge in [0.15, 0.2) is 18.3 Å². The Balaban J connectivity index is 1.73. The number of ether oxygens (including phenoxy) is 3. The van der Waals surface area contributed by atoms with Gasteiger partial charge in [0.1, 0.15) is 12.4 Å². The summed E-state index contributed by atoms with van der Waals surface area (Å²) in [5, 5.41) is 12.9. The second kappa shape index (κ2) is 12.1. The number of anilines is 1. The molecule has 0 saturated heterocycles. The molecule has 4 unspecified atom stereocenters. The summed E-state index contributed by atoms with van der Waals surface area (Å²) < 4.78 is 15.6. The minimum Gasteiger partial charge on any atom is -0.450 e. The van der Waals surface area contributed by atoms with Crippen molar-refractivity contribution >= 4 is 62.3 Å². The number of halogens is 1. The topological polar surface area (TPSA) is 170 Å². The Morgan fingerprint density at radius 2 is 1.62 bits per heavy atom. The fraction of sp³-hybridized carbons (Fsp3) is 0.435. The fourth-order valence-electron chi connectivity index (χ4n) is 3.20. The molecule has 0 saturated carbocycles. The summed E-state index contributed by atoms with van der Waals surface area (Å²) in [5.74, 6) is -3.37. The van der Waals surface area contributed by atoms with Crippen LogP contribution in [-0.4, -0.2) is 82.4 Å². The van der Waals surface area contributed by atoms with Gasteiger partial charge in [-0.3, -0.25) is 9.79 Å². The van der Waals surface area contributed by atoms with Gasteiger partial charge in [-0.15, -0.1) is 0 Å². The van der Waals surface area contributed by atoms with Gasteiger partial charge in [-0.1, -0.05) is 0 Å². The van der Waals surface area contributed by atoms with Crippen molar-refractivity contribution in [3.05, 3.63) is 29.1 Å². The summed E-state index contributed by atoms with van der Waals surface area (Å²) in [4.78, 5) is 63.5. The molecule has 14 heteroatoms. The summed E-state index contributed by atoms with van der Waals surface area (Å²) in [5.41, 5.74) is 1.08. The summed E-state index contributed by atoms with van der Waals surface area (Å²) in [6.45, 7) is 6.01. The number of aliphatic hydroxyl groups excluding tert-OH is 1. The lowest BCUT2D eigenvalue weighted by Crippen LogP contribution is -2.49. The Hall–Kier alpha value is -3.65. The van der Waals surface area contributed by atoms with Crippen LogP contribution in [0.25, 0.3) is 10.9 Å². The number of aliphatic hydroxyl groups is 1. The zero-order valence-electron chi connectivity index (χ0n) is 20.5. The van der Waals surface area contributed by atoms with Crippen molar-refractivity contribution in [2.75, 3.05) is 18.0 Å². The maximum Gasteiger partial charge on any atom is 0.347 e. The Kier molecular flexibility index (Phi) is 9.10. The zero-order chi connectivity index (χ0) is 27.3. The second-order valence-corrected chi connectivity index (χ2v) is 8.87. The van der Waals surface area contributed by atoms with Crippen molar-refractivity contribution in [1.82, 2.24) is 15.3 Å². The van der Waals surface area contributed by atoms with E-state index in [2.05, 4.69) is 36.2 Å². The lowest BCUT2D eigenvalue weighted by atomic mass is 10.2. The van der Waals surface area contributed by atoms with Crippen LogP contribution in [0.3, 0.4) is 0 Å². The van der Waals surface area contributed by atoms with E-state index < -0.39 is 48.2 Å². The number of aliphatic imine (C=N–C) groups is 1. The number of nitrogens with zero attached hydrogens (tertiary/aromatic N) is 4. The van der Waals surface area contributed by atoms with Crippen LogP contribution in [0.1, 0.15) is 27.7 Å². The highest BCUT2D eigenvalue weighted by molar-refractivity contribution is 9.10. The highest BCUT2D eigenvalue weighted by atomic mass is 79.9. The number of aromatic nitrogens is 2. The number of nitrogens with one attached hydrogen (secondary N) is 1. The fourth-order valence-corrected chi connectivity index (χ4v) is 3.81. The van der Waals surface area contributed by atoms with Crippen molar-refractivity contribution in [2.45, 2.75) is 52.1 Å². The monoisotopic (exact) mass is 579 g/mol. The van der Waals surface area contributed by atoms with Crippen LogP contribution < -0.4 is 10.2 Å². The van der Waals surface area contributed by atoms with Gasteiger partial charge in [-0.25, -0.2) is 29.3 Å². The molecular formula is C23H26BrN5O8. The average molecular weight is 580 g/mol. The molecule has 2 aromatic rings. The lowest BCUT2D eigenvalue weighted by Gasteiger charge is -2.27. The molecular weight excluding hydrogens is 554 g/mol. The molecule has 2 N–H and O–H groups in total. The van der Waals surface area contributed by atoms with Crippen molar-refractivity contribution in [2.24, 2.45) is 4.99 Å². The largest absolute Gasteiger partial charge is 0.450 e. The Morgan fingerprint density at radius 1 is 1.00 bits per heavy atom. The molecule has 0 bridgehead atoms. The maximum absolute atomic E-state index is 13.5. The van der Waals surface area contributed by atoms with Gasteiger partial charge < -0.3 is 24.6 Å². The first-order chi connectivity index (χ1) is 17.5. The predicted molar refractivity (Wildman–Crippen MR) is 133 cm³/mol. The van der Waals surface area contributed by atoms with Gasteiger partial charge in [-0.05, 0) is 55.8 Å². The van der Waals surface area contributed by atoms with Crippen molar-refractivity contribution in [3.8, 4) is 0 Å². The Labute approximate surface area is 220 Å². The van der Waals surface area contributed by atoms with Gasteiger partial charge in [-0.2, -0.15) is 0 Å². The number of hydrogen-bond donors (Lipinski definition) is 2. The molecule has 2 heterocycles. The minimum atomic E-state index is -1.43. The number of guanidine groups is 1. The first kappa shape index (κ1) is 27.9. The van der Waals surface area contributed by atoms with E-state index in [1.165, 1.54) is 38.9 Å². The van der Waals surface area contributed by atoms with E-state index >= 15 is 0 Å². The number of carbonyl (C=O) groups is 4. The number of fused-ring (bicyclic) bond motifs is 1. The van der Waals surface area contributed by atoms with E-state index in [0.717, 1.165) is 0 Å². The summed E-state index contributed by atoms with van der Waals surface area (Å²) >= 11 is 3.51. The van der Waals surface area contributed by atoms with E-state index in [1.54, 1.807) is 18.3 Å².